The van der Waals surface area contributed by atoms with E-state index in [1.165, 1.54) is 12.1 Å². The molecule has 0 unspecified atom stereocenters. The van der Waals surface area contributed by atoms with Crippen molar-refractivity contribution in [2.45, 2.75) is 19.8 Å². The fourth-order valence-corrected chi connectivity index (χ4v) is 2.11. The summed E-state index contributed by atoms with van der Waals surface area (Å²) in [5, 5.41) is 9.87. The molecule has 1 N–H and O–H groups in total. The van der Waals surface area contributed by atoms with Crippen molar-refractivity contribution >= 4 is 0 Å². The lowest BCUT2D eigenvalue weighted by atomic mass is 9.91. The minimum Gasteiger partial charge on any atom is -0.508 e. The molecule has 0 spiro atoms. The standard InChI is InChI=1S/C15H14F2O/c1-9(2)14-10(5-4-8-13(14)18)11-6-3-7-12(16)15(11)17/h3-9,18H,1-2H3. The maximum atomic E-state index is 13.8. The van der Waals surface area contributed by atoms with Gasteiger partial charge >= 0.3 is 0 Å². The summed E-state index contributed by atoms with van der Waals surface area (Å²) < 4.78 is 27.1. The molecule has 1 nitrogen and oxygen atoms in total. The van der Waals surface area contributed by atoms with Crippen LogP contribution in [0, 0.1) is 11.6 Å². The Kier molecular flexibility index (Phi) is 3.32. The van der Waals surface area contributed by atoms with Gasteiger partial charge in [0.05, 0.1) is 0 Å². The van der Waals surface area contributed by atoms with Crippen LogP contribution < -0.4 is 0 Å². The Labute approximate surface area is 105 Å². The van der Waals surface area contributed by atoms with E-state index in [2.05, 4.69) is 0 Å². The van der Waals surface area contributed by atoms with Crippen molar-refractivity contribution in [3.8, 4) is 16.9 Å². The third-order valence-corrected chi connectivity index (χ3v) is 2.90. The molecular weight excluding hydrogens is 234 g/mol. The lowest BCUT2D eigenvalue weighted by Gasteiger charge is -2.15. The molecule has 18 heavy (non-hydrogen) atoms. The summed E-state index contributed by atoms with van der Waals surface area (Å²) in [7, 11) is 0. The molecule has 2 aromatic carbocycles. The first-order chi connectivity index (χ1) is 8.52. The third-order valence-electron chi connectivity index (χ3n) is 2.90. The molecule has 0 radical (unpaired) electrons. The van der Waals surface area contributed by atoms with Crippen LogP contribution in [0.1, 0.15) is 25.3 Å². The van der Waals surface area contributed by atoms with Crippen LogP contribution in [-0.2, 0) is 0 Å². The summed E-state index contributed by atoms with van der Waals surface area (Å²) >= 11 is 0. The second kappa shape index (κ2) is 4.77. The van der Waals surface area contributed by atoms with Crippen LogP contribution in [0.5, 0.6) is 5.75 Å². The van der Waals surface area contributed by atoms with E-state index in [0.717, 1.165) is 6.07 Å². The molecule has 0 bridgehead atoms. The van der Waals surface area contributed by atoms with Crippen LogP contribution >= 0.6 is 0 Å². The van der Waals surface area contributed by atoms with Gasteiger partial charge in [0.1, 0.15) is 5.75 Å². The highest BCUT2D eigenvalue weighted by atomic mass is 19.2. The number of phenolic OH excluding ortho intramolecular Hbond substituents is 1. The van der Waals surface area contributed by atoms with Gasteiger partial charge in [0.15, 0.2) is 11.6 Å². The number of phenols is 1. The summed E-state index contributed by atoms with van der Waals surface area (Å²) in [5.41, 5.74) is 1.33. The van der Waals surface area contributed by atoms with Crippen molar-refractivity contribution in [1.29, 1.82) is 0 Å². The maximum absolute atomic E-state index is 13.8. The molecule has 0 aliphatic rings. The summed E-state index contributed by atoms with van der Waals surface area (Å²) in [6, 6.07) is 8.92. The van der Waals surface area contributed by atoms with Crippen molar-refractivity contribution in [1.82, 2.24) is 0 Å². The highest BCUT2D eigenvalue weighted by Crippen LogP contribution is 2.36. The molecule has 0 aliphatic heterocycles. The highest BCUT2D eigenvalue weighted by Gasteiger charge is 2.17. The molecular formula is C15H14F2O. The minimum atomic E-state index is -0.884. The zero-order valence-electron chi connectivity index (χ0n) is 10.2. The summed E-state index contributed by atoms with van der Waals surface area (Å²) in [5.74, 6) is -1.65. The quantitative estimate of drug-likeness (QED) is 0.831. The Morgan fingerprint density at radius 2 is 1.56 bits per heavy atom. The fourth-order valence-electron chi connectivity index (χ4n) is 2.11. The number of rotatable bonds is 2. The van der Waals surface area contributed by atoms with Gasteiger partial charge in [-0.3, -0.25) is 0 Å². The normalized spacial score (nSPS) is 10.9. The lowest BCUT2D eigenvalue weighted by molar-refractivity contribution is 0.465. The first kappa shape index (κ1) is 12.6. The van der Waals surface area contributed by atoms with Crippen LogP contribution in [0.2, 0.25) is 0 Å². The monoisotopic (exact) mass is 248 g/mol. The molecule has 0 fully saturated rings. The van der Waals surface area contributed by atoms with Crippen molar-refractivity contribution in [3.63, 3.8) is 0 Å². The van der Waals surface area contributed by atoms with Crippen molar-refractivity contribution in [3.05, 3.63) is 53.6 Å². The largest absolute Gasteiger partial charge is 0.508 e. The molecule has 0 heterocycles. The van der Waals surface area contributed by atoms with Gasteiger partial charge in [-0.2, -0.15) is 0 Å². The Morgan fingerprint density at radius 3 is 2.22 bits per heavy atom. The lowest BCUT2D eigenvalue weighted by Crippen LogP contribution is -1.96. The summed E-state index contributed by atoms with van der Waals surface area (Å²) in [4.78, 5) is 0. The number of hydrogen-bond acceptors (Lipinski definition) is 1. The van der Waals surface area contributed by atoms with E-state index in [1.54, 1.807) is 18.2 Å². The van der Waals surface area contributed by atoms with Gasteiger partial charge in [0.25, 0.3) is 0 Å². The molecule has 3 heteroatoms. The van der Waals surface area contributed by atoms with E-state index in [9.17, 15) is 13.9 Å². The van der Waals surface area contributed by atoms with Gasteiger partial charge in [0.2, 0.25) is 0 Å². The molecule has 0 amide bonds. The zero-order chi connectivity index (χ0) is 13.3. The third kappa shape index (κ3) is 2.08. The van der Waals surface area contributed by atoms with Crippen molar-refractivity contribution < 1.29 is 13.9 Å². The van der Waals surface area contributed by atoms with E-state index in [-0.39, 0.29) is 17.2 Å². The van der Waals surface area contributed by atoms with Gasteiger partial charge in [-0.05, 0) is 23.6 Å². The molecule has 2 rings (SSSR count). The Balaban J connectivity index is 2.72. The summed E-state index contributed by atoms with van der Waals surface area (Å²) in [6.07, 6.45) is 0. The smallest absolute Gasteiger partial charge is 0.166 e. The number of benzene rings is 2. The van der Waals surface area contributed by atoms with Crippen LogP contribution in [-0.4, -0.2) is 5.11 Å². The predicted molar refractivity (Wildman–Crippen MR) is 67.5 cm³/mol. The van der Waals surface area contributed by atoms with Crippen molar-refractivity contribution in [2.24, 2.45) is 0 Å². The van der Waals surface area contributed by atoms with Crippen LogP contribution in [0.3, 0.4) is 0 Å². The van der Waals surface area contributed by atoms with E-state index < -0.39 is 11.6 Å². The number of aromatic hydroxyl groups is 1. The summed E-state index contributed by atoms with van der Waals surface area (Å²) in [6.45, 7) is 3.80. The molecule has 0 saturated carbocycles. The van der Waals surface area contributed by atoms with E-state index in [4.69, 9.17) is 0 Å². The number of hydrogen-bond donors (Lipinski definition) is 1. The second-order valence-electron chi connectivity index (χ2n) is 4.49. The van der Waals surface area contributed by atoms with Gasteiger partial charge < -0.3 is 5.11 Å². The van der Waals surface area contributed by atoms with E-state index in [1.807, 2.05) is 13.8 Å². The Hall–Kier alpha value is -1.90. The number of halogens is 2. The Morgan fingerprint density at radius 1 is 0.944 bits per heavy atom. The molecule has 2 aromatic rings. The minimum absolute atomic E-state index is 0.0175. The topological polar surface area (TPSA) is 20.2 Å². The molecule has 0 atom stereocenters. The first-order valence-corrected chi connectivity index (χ1v) is 5.78. The fraction of sp³-hybridized carbons (Fsp3) is 0.200. The average Bonchev–Trinajstić information content (AvgIpc) is 2.32. The Bertz CT molecular complexity index is 577. The SMILES string of the molecule is CC(C)c1c(O)cccc1-c1cccc(F)c1F. The van der Waals surface area contributed by atoms with Gasteiger partial charge in [0, 0.05) is 11.1 Å². The van der Waals surface area contributed by atoms with Gasteiger partial charge in [-0.1, -0.05) is 38.1 Å². The second-order valence-corrected chi connectivity index (χ2v) is 4.49. The van der Waals surface area contributed by atoms with Crippen molar-refractivity contribution in [2.75, 3.05) is 0 Å². The zero-order valence-corrected chi connectivity index (χ0v) is 10.2. The highest BCUT2D eigenvalue weighted by molar-refractivity contribution is 5.71. The molecule has 94 valence electrons. The van der Waals surface area contributed by atoms with Crippen LogP contribution in [0.15, 0.2) is 36.4 Å². The molecule has 0 saturated heterocycles. The van der Waals surface area contributed by atoms with Crippen LogP contribution in [0.4, 0.5) is 8.78 Å². The average molecular weight is 248 g/mol. The predicted octanol–water partition coefficient (Wildman–Crippen LogP) is 4.46. The molecule has 0 aliphatic carbocycles. The maximum Gasteiger partial charge on any atom is 0.166 e. The van der Waals surface area contributed by atoms with E-state index >= 15 is 0 Å². The molecule has 0 aromatic heterocycles. The van der Waals surface area contributed by atoms with E-state index in [0.29, 0.717) is 11.1 Å². The first-order valence-electron chi connectivity index (χ1n) is 5.78. The van der Waals surface area contributed by atoms with Crippen LogP contribution in [0.25, 0.3) is 11.1 Å². The van der Waals surface area contributed by atoms with Gasteiger partial charge in [-0.15, -0.1) is 0 Å². The van der Waals surface area contributed by atoms with Gasteiger partial charge in [-0.25, -0.2) is 8.78 Å².